The van der Waals surface area contributed by atoms with Crippen LogP contribution >= 0.6 is 0 Å². The van der Waals surface area contributed by atoms with Crippen molar-refractivity contribution in [1.82, 2.24) is 4.98 Å². The van der Waals surface area contributed by atoms with Crippen LogP contribution in [-0.4, -0.2) is 11.0 Å². The maximum absolute atomic E-state index is 13.6. The quantitative estimate of drug-likeness (QED) is 0.898. The van der Waals surface area contributed by atoms with Crippen LogP contribution in [-0.2, 0) is 0 Å². The number of benzene rings is 1. The van der Waals surface area contributed by atoms with Gasteiger partial charge in [-0.1, -0.05) is 25.1 Å². The van der Waals surface area contributed by atoms with E-state index in [4.69, 9.17) is 10.5 Å². The Kier molecular flexibility index (Phi) is 4.47. The molecule has 0 spiro atoms. The van der Waals surface area contributed by atoms with Crippen molar-refractivity contribution >= 4 is 0 Å². The summed E-state index contributed by atoms with van der Waals surface area (Å²) in [6, 6.07) is 11.6. The van der Waals surface area contributed by atoms with E-state index in [9.17, 15) is 4.39 Å². The number of halogens is 1. The van der Waals surface area contributed by atoms with Gasteiger partial charge in [-0.25, -0.2) is 4.39 Å². The number of rotatable bonds is 5. The van der Waals surface area contributed by atoms with Gasteiger partial charge in [-0.05, 0) is 30.7 Å². The molecular formula is C15H17FN2O. The van der Waals surface area contributed by atoms with Crippen molar-refractivity contribution in [2.45, 2.75) is 25.5 Å². The van der Waals surface area contributed by atoms with Crippen molar-refractivity contribution in [1.29, 1.82) is 0 Å². The highest BCUT2D eigenvalue weighted by Gasteiger charge is 2.22. The van der Waals surface area contributed by atoms with E-state index in [0.29, 0.717) is 5.69 Å². The molecule has 0 radical (unpaired) electrons. The van der Waals surface area contributed by atoms with Gasteiger partial charge in [0.05, 0.1) is 5.69 Å². The van der Waals surface area contributed by atoms with Gasteiger partial charge in [0.15, 0.2) is 17.7 Å². The van der Waals surface area contributed by atoms with Gasteiger partial charge < -0.3 is 10.5 Å². The molecule has 0 saturated heterocycles. The Morgan fingerprint density at radius 3 is 2.58 bits per heavy atom. The molecule has 3 nitrogen and oxygen atoms in total. The lowest BCUT2D eigenvalue weighted by Crippen LogP contribution is -2.32. The Balaban J connectivity index is 2.27. The molecule has 100 valence electrons. The molecule has 0 saturated carbocycles. The molecule has 0 aliphatic heterocycles. The van der Waals surface area contributed by atoms with Crippen molar-refractivity contribution in [3.8, 4) is 5.75 Å². The molecule has 0 fully saturated rings. The van der Waals surface area contributed by atoms with Crippen LogP contribution in [0.15, 0.2) is 48.7 Å². The van der Waals surface area contributed by atoms with Crippen LogP contribution in [0.2, 0.25) is 0 Å². The zero-order valence-electron chi connectivity index (χ0n) is 10.8. The second kappa shape index (κ2) is 6.29. The van der Waals surface area contributed by atoms with Crippen molar-refractivity contribution in [3.05, 3.63) is 60.2 Å². The lowest BCUT2D eigenvalue weighted by Gasteiger charge is -2.24. The summed E-state index contributed by atoms with van der Waals surface area (Å²) in [5.74, 6) is -0.200. The third-order valence-corrected chi connectivity index (χ3v) is 2.93. The molecule has 0 bridgehead atoms. The summed E-state index contributed by atoms with van der Waals surface area (Å²) >= 11 is 0. The van der Waals surface area contributed by atoms with Gasteiger partial charge in [-0.2, -0.15) is 0 Å². The van der Waals surface area contributed by atoms with Crippen LogP contribution in [0, 0.1) is 5.82 Å². The lowest BCUT2D eigenvalue weighted by atomic mass is 10.1. The number of para-hydroxylation sites is 1. The fourth-order valence-corrected chi connectivity index (χ4v) is 1.80. The zero-order valence-corrected chi connectivity index (χ0v) is 10.8. The molecule has 1 aromatic heterocycles. The van der Waals surface area contributed by atoms with Crippen molar-refractivity contribution < 1.29 is 9.13 Å². The highest BCUT2D eigenvalue weighted by atomic mass is 19.1. The Bertz CT molecular complexity index is 519. The predicted octanol–water partition coefficient (Wildman–Crippen LogP) is 3.08. The average molecular weight is 260 g/mol. The first-order valence-electron chi connectivity index (χ1n) is 6.30. The van der Waals surface area contributed by atoms with E-state index in [0.717, 1.165) is 6.42 Å². The number of nitrogens with zero attached hydrogens (tertiary/aromatic N) is 1. The van der Waals surface area contributed by atoms with Gasteiger partial charge in [0.2, 0.25) is 0 Å². The van der Waals surface area contributed by atoms with Crippen LogP contribution in [0.25, 0.3) is 0 Å². The van der Waals surface area contributed by atoms with Crippen LogP contribution in [0.3, 0.4) is 0 Å². The zero-order chi connectivity index (χ0) is 13.7. The molecule has 0 aliphatic carbocycles. The van der Waals surface area contributed by atoms with Crippen molar-refractivity contribution in [3.63, 3.8) is 0 Å². The largest absolute Gasteiger partial charge is 0.479 e. The topological polar surface area (TPSA) is 48.1 Å². The van der Waals surface area contributed by atoms with Gasteiger partial charge in [-0.15, -0.1) is 0 Å². The summed E-state index contributed by atoms with van der Waals surface area (Å²) in [4.78, 5) is 4.25. The average Bonchev–Trinajstić information content (AvgIpc) is 2.46. The van der Waals surface area contributed by atoms with Crippen LogP contribution < -0.4 is 10.5 Å². The van der Waals surface area contributed by atoms with E-state index in [-0.39, 0.29) is 11.8 Å². The van der Waals surface area contributed by atoms with E-state index >= 15 is 0 Å². The minimum absolute atomic E-state index is 0.196. The Labute approximate surface area is 112 Å². The second-order valence-corrected chi connectivity index (χ2v) is 4.30. The van der Waals surface area contributed by atoms with E-state index < -0.39 is 11.9 Å². The first kappa shape index (κ1) is 13.5. The number of nitrogens with two attached hydrogens (primary N) is 1. The monoisotopic (exact) mass is 260 g/mol. The minimum Gasteiger partial charge on any atom is -0.479 e. The summed E-state index contributed by atoms with van der Waals surface area (Å²) in [6.45, 7) is 1.96. The smallest absolute Gasteiger partial charge is 0.165 e. The molecule has 2 N–H and O–H groups in total. The molecule has 4 heteroatoms. The third kappa shape index (κ3) is 3.29. The van der Waals surface area contributed by atoms with Crippen LogP contribution in [0.1, 0.15) is 25.1 Å². The Morgan fingerprint density at radius 2 is 1.95 bits per heavy atom. The second-order valence-electron chi connectivity index (χ2n) is 4.30. The Morgan fingerprint density at radius 1 is 1.21 bits per heavy atom. The number of hydrogen-bond acceptors (Lipinski definition) is 3. The standard InChI is InChI=1S/C15H17FN2O/c1-2-12(17)15(13-8-5-6-10-18-13)19-14-9-4-3-7-11(14)16/h3-10,12,15H,2,17H2,1H3. The van der Waals surface area contributed by atoms with Crippen molar-refractivity contribution in [2.24, 2.45) is 5.73 Å². The van der Waals surface area contributed by atoms with Gasteiger partial charge in [0, 0.05) is 12.2 Å². The molecule has 1 aromatic carbocycles. The predicted molar refractivity (Wildman–Crippen MR) is 72.3 cm³/mol. The first-order valence-corrected chi connectivity index (χ1v) is 6.30. The van der Waals surface area contributed by atoms with E-state index in [1.165, 1.54) is 6.07 Å². The van der Waals surface area contributed by atoms with E-state index in [1.54, 1.807) is 24.4 Å². The fraction of sp³-hybridized carbons (Fsp3) is 0.267. The van der Waals surface area contributed by atoms with Crippen LogP contribution in [0.5, 0.6) is 5.75 Å². The maximum atomic E-state index is 13.6. The van der Waals surface area contributed by atoms with Crippen LogP contribution in [0.4, 0.5) is 4.39 Å². The maximum Gasteiger partial charge on any atom is 0.165 e. The number of ether oxygens (including phenoxy) is 1. The molecule has 0 aliphatic rings. The van der Waals surface area contributed by atoms with Gasteiger partial charge in [-0.3, -0.25) is 4.98 Å². The number of pyridine rings is 1. The highest BCUT2D eigenvalue weighted by Crippen LogP contribution is 2.26. The fourth-order valence-electron chi connectivity index (χ4n) is 1.80. The molecule has 2 rings (SSSR count). The van der Waals surface area contributed by atoms with Gasteiger partial charge >= 0.3 is 0 Å². The molecule has 0 amide bonds. The summed E-state index contributed by atoms with van der Waals surface area (Å²) < 4.78 is 19.4. The first-order chi connectivity index (χ1) is 9.22. The van der Waals surface area contributed by atoms with Crippen molar-refractivity contribution in [2.75, 3.05) is 0 Å². The molecule has 2 unspecified atom stereocenters. The molecule has 1 heterocycles. The molecule has 2 aromatic rings. The lowest BCUT2D eigenvalue weighted by molar-refractivity contribution is 0.159. The van der Waals surface area contributed by atoms with Gasteiger partial charge in [0.25, 0.3) is 0 Å². The third-order valence-electron chi connectivity index (χ3n) is 2.93. The molecule has 19 heavy (non-hydrogen) atoms. The van der Waals surface area contributed by atoms with E-state index in [1.807, 2.05) is 25.1 Å². The summed E-state index contributed by atoms with van der Waals surface area (Å²) in [5.41, 5.74) is 6.77. The summed E-state index contributed by atoms with van der Waals surface area (Å²) in [7, 11) is 0. The highest BCUT2D eigenvalue weighted by molar-refractivity contribution is 5.25. The van der Waals surface area contributed by atoms with Gasteiger partial charge in [0.1, 0.15) is 0 Å². The summed E-state index contributed by atoms with van der Waals surface area (Å²) in [6.07, 6.45) is 1.94. The minimum atomic E-state index is -0.455. The summed E-state index contributed by atoms with van der Waals surface area (Å²) in [5, 5.41) is 0. The number of aromatic nitrogens is 1. The number of hydrogen-bond donors (Lipinski definition) is 1. The SMILES string of the molecule is CCC(N)C(Oc1ccccc1F)c1ccccn1. The van der Waals surface area contributed by atoms with E-state index in [2.05, 4.69) is 4.98 Å². The molecular weight excluding hydrogens is 243 g/mol. The Hall–Kier alpha value is -1.94. The normalized spacial score (nSPS) is 13.8. The molecule has 2 atom stereocenters.